The molecule has 0 radical (unpaired) electrons. The van der Waals surface area contributed by atoms with Crippen LogP contribution in [-0.2, 0) is 9.47 Å². The van der Waals surface area contributed by atoms with Gasteiger partial charge in [-0.05, 0) is 32.2 Å². The molecule has 84 valence electrons. The van der Waals surface area contributed by atoms with Gasteiger partial charge < -0.3 is 9.47 Å². The molecule has 0 aromatic rings. The molecule has 2 aliphatic rings. The Kier molecular flexibility index (Phi) is 2.87. The summed E-state index contributed by atoms with van der Waals surface area (Å²) in [5.74, 6) is 0. The molecular weight excluding hydrogens is 194 g/mol. The van der Waals surface area contributed by atoms with E-state index in [1.807, 2.05) is 0 Å². The lowest BCUT2D eigenvalue weighted by Gasteiger charge is -2.27. The molecule has 2 aliphatic heterocycles. The van der Waals surface area contributed by atoms with Crippen molar-refractivity contribution in [2.24, 2.45) is 5.11 Å². The van der Waals surface area contributed by atoms with Gasteiger partial charge in [0.15, 0.2) is 0 Å². The quantitative estimate of drug-likeness (QED) is 0.400. The monoisotopic (exact) mass is 211 g/mol. The molecule has 4 atom stereocenters. The first-order chi connectivity index (χ1) is 7.16. The van der Waals surface area contributed by atoms with Crippen molar-refractivity contribution in [2.45, 2.75) is 57.0 Å². The first-order valence-corrected chi connectivity index (χ1v) is 5.50. The van der Waals surface area contributed by atoms with Crippen LogP contribution in [0.1, 0.15) is 33.1 Å². The molecule has 1 spiro atoms. The molecule has 2 fully saturated rings. The second-order valence-corrected chi connectivity index (χ2v) is 4.55. The summed E-state index contributed by atoms with van der Waals surface area (Å²) < 4.78 is 11.7. The molecule has 0 N–H and O–H groups in total. The van der Waals surface area contributed by atoms with Crippen LogP contribution in [0.3, 0.4) is 0 Å². The van der Waals surface area contributed by atoms with Gasteiger partial charge in [0.1, 0.15) is 0 Å². The number of ether oxygens (including phenoxy) is 2. The third-order valence-electron chi connectivity index (χ3n) is 3.45. The molecule has 0 unspecified atom stereocenters. The minimum Gasteiger partial charge on any atom is -0.372 e. The van der Waals surface area contributed by atoms with Crippen molar-refractivity contribution in [3.8, 4) is 0 Å². The number of azide groups is 1. The van der Waals surface area contributed by atoms with E-state index in [4.69, 9.17) is 15.0 Å². The summed E-state index contributed by atoms with van der Waals surface area (Å²) in [4.78, 5) is 2.76. The van der Waals surface area contributed by atoms with Crippen LogP contribution in [0.5, 0.6) is 0 Å². The van der Waals surface area contributed by atoms with Gasteiger partial charge in [0, 0.05) is 11.3 Å². The van der Waals surface area contributed by atoms with Gasteiger partial charge in [-0.3, -0.25) is 0 Å². The van der Waals surface area contributed by atoms with Crippen molar-refractivity contribution in [2.75, 3.05) is 6.54 Å². The van der Waals surface area contributed by atoms with Crippen LogP contribution in [0, 0.1) is 0 Å². The van der Waals surface area contributed by atoms with Crippen LogP contribution in [0.25, 0.3) is 10.4 Å². The maximum Gasteiger partial charge on any atom is 0.0969 e. The highest BCUT2D eigenvalue weighted by Gasteiger charge is 2.50. The van der Waals surface area contributed by atoms with Gasteiger partial charge in [0.25, 0.3) is 0 Å². The minimum atomic E-state index is -0.116. The van der Waals surface area contributed by atoms with E-state index < -0.39 is 0 Å². The molecule has 5 nitrogen and oxygen atoms in total. The summed E-state index contributed by atoms with van der Waals surface area (Å²) in [7, 11) is 0. The lowest BCUT2D eigenvalue weighted by atomic mass is 9.91. The van der Waals surface area contributed by atoms with Gasteiger partial charge in [-0.1, -0.05) is 5.11 Å². The largest absolute Gasteiger partial charge is 0.372 e. The molecular formula is C10H17N3O2. The molecule has 0 bridgehead atoms. The fraction of sp³-hybridized carbons (Fsp3) is 1.00. The second-order valence-electron chi connectivity index (χ2n) is 4.55. The van der Waals surface area contributed by atoms with Crippen molar-refractivity contribution in [1.82, 2.24) is 0 Å². The summed E-state index contributed by atoms with van der Waals surface area (Å²) in [5.41, 5.74) is 8.14. The Balaban J connectivity index is 1.98. The standard InChI is InChI=1S/C10H17N3O2/c1-7-5-10(8(2)14-7)4-3-9(15-10)6-12-13-11/h7-9H,3-6H2,1-2H3/t7-,8-,9+,10-/m1/s1. The third kappa shape index (κ3) is 1.95. The second kappa shape index (κ2) is 4.00. The van der Waals surface area contributed by atoms with Crippen molar-refractivity contribution in [3.63, 3.8) is 0 Å². The summed E-state index contributed by atoms with van der Waals surface area (Å²) in [6.07, 6.45) is 3.46. The van der Waals surface area contributed by atoms with Gasteiger partial charge in [0.05, 0.1) is 30.5 Å². The Morgan fingerprint density at radius 2 is 2.33 bits per heavy atom. The summed E-state index contributed by atoms with van der Waals surface area (Å²) in [5, 5.41) is 3.57. The van der Waals surface area contributed by atoms with E-state index in [-0.39, 0.29) is 23.9 Å². The smallest absolute Gasteiger partial charge is 0.0969 e. The molecule has 2 rings (SSSR count). The Morgan fingerprint density at radius 3 is 2.93 bits per heavy atom. The fourth-order valence-electron chi connectivity index (χ4n) is 2.73. The highest BCUT2D eigenvalue weighted by Crippen LogP contribution is 2.43. The highest BCUT2D eigenvalue weighted by molar-refractivity contribution is 4.99. The lowest BCUT2D eigenvalue weighted by molar-refractivity contribution is -0.0781. The van der Waals surface area contributed by atoms with Crippen LogP contribution in [0.4, 0.5) is 0 Å². The Labute approximate surface area is 89.4 Å². The highest BCUT2D eigenvalue weighted by atomic mass is 16.6. The third-order valence-corrected chi connectivity index (χ3v) is 3.45. The average molecular weight is 211 g/mol. The zero-order chi connectivity index (χ0) is 10.9. The molecule has 0 aliphatic carbocycles. The van der Waals surface area contributed by atoms with Crippen molar-refractivity contribution in [3.05, 3.63) is 10.4 Å². The molecule has 5 heteroatoms. The number of hydrogen-bond acceptors (Lipinski definition) is 3. The fourth-order valence-corrected chi connectivity index (χ4v) is 2.73. The number of rotatable bonds is 2. The molecule has 0 aromatic heterocycles. The molecule has 0 aromatic carbocycles. The number of hydrogen-bond donors (Lipinski definition) is 0. The summed E-state index contributed by atoms with van der Waals surface area (Å²) in [6, 6.07) is 0. The van der Waals surface area contributed by atoms with Crippen LogP contribution in [-0.4, -0.2) is 30.5 Å². The van der Waals surface area contributed by atoms with Crippen LogP contribution in [0.15, 0.2) is 5.11 Å². The van der Waals surface area contributed by atoms with Crippen LogP contribution < -0.4 is 0 Å². The van der Waals surface area contributed by atoms with E-state index in [1.54, 1.807) is 0 Å². The molecule has 2 saturated heterocycles. The van der Waals surface area contributed by atoms with Crippen LogP contribution >= 0.6 is 0 Å². The first-order valence-electron chi connectivity index (χ1n) is 5.50. The van der Waals surface area contributed by atoms with Crippen LogP contribution in [0.2, 0.25) is 0 Å². The van der Waals surface area contributed by atoms with Crippen molar-refractivity contribution >= 4 is 0 Å². The maximum atomic E-state index is 8.26. The van der Waals surface area contributed by atoms with E-state index in [0.29, 0.717) is 6.54 Å². The zero-order valence-electron chi connectivity index (χ0n) is 9.22. The maximum absolute atomic E-state index is 8.26. The normalized spacial score (nSPS) is 44.5. The van der Waals surface area contributed by atoms with Crippen molar-refractivity contribution < 1.29 is 9.47 Å². The van der Waals surface area contributed by atoms with Gasteiger partial charge in [-0.15, -0.1) is 0 Å². The van der Waals surface area contributed by atoms with E-state index in [0.717, 1.165) is 19.3 Å². The van der Waals surface area contributed by atoms with Gasteiger partial charge in [0.2, 0.25) is 0 Å². The van der Waals surface area contributed by atoms with E-state index in [9.17, 15) is 0 Å². The van der Waals surface area contributed by atoms with Gasteiger partial charge >= 0.3 is 0 Å². The molecule has 0 amide bonds. The molecule has 2 heterocycles. The van der Waals surface area contributed by atoms with Gasteiger partial charge in [-0.25, -0.2) is 0 Å². The number of nitrogens with zero attached hydrogens (tertiary/aromatic N) is 3. The minimum absolute atomic E-state index is 0.0808. The van der Waals surface area contributed by atoms with E-state index in [1.165, 1.54) is 0 Å². The van der Waals surface area contributed by atoms with Crippen molar-refractivity contribution in [1.29, 1.82) is 0 Å². The molecule has 0 saturated carbocycles. The first kappa shape index (κ1) is 10.7. The Morgan fingerprint density at radius 1 is 1.53 bits per heavy atom. The average Bonchev–Trinajstić information content (AvgIpc) is 2.70. The van der Waals surface area contributed by atoms with E-state index >= 15 is 0 Å². The van der Waals surface area contributed by atoms with E-state index in [2.05, 4.69) is 23.9 Å². The Bertz CT molecular complexity index is 290. The SMILES string of the molecule is C[C@@H]1C[C@]2(CC[C@@H](CN=[N+]=[N-])O2)[C@@H](C)O1. The Hall–Kier alpha value is -0.770. The lowest BCUT2D eigenvalue weighted by Crippen LogP contribution is -2.36. The topological polar surface area (TPSA) is 67.2 Å². The molecule has 15 heavy (non-hydrogen) atoms. The van der Waals surface area contributed by atoms with Gasteiger partial charge in [-0.2, -0.15) is 0 Å². The zero-order valence-corrected chi connectivity index (χ0v) is 9.22. The predicted molar refractivity (Wildman–Crippen MR) is 55.5 cm³/mol. The predicted octanol–water partition coefficient (Wildman–Crippen LogP) is 2.41. The summed E-state index contributed by atoms with van der Waals surface area (Å²) >= 11 is 0. The summed E-state index contributed by atoms with van der Waals surface area (Å²) in [6.45, 7) is 4.59.